The van der Waals surface area contributed by atoms with Gasteiger partial charge in [0.1, 0.15) is 0 Å². The number of nitrogens with one attached hydrogen (secondary N) is 1. The molecule has 0 atom stereocenters. The van der Waals surface area contributed by atoms with Gasteiger partial charge in [-0.3, -0.25) is 4.79 Å². The Morgan fingerprint density at radius 2 is 1.95 bits per heavy atom. The standard InChI is InChI=1S/C14H12BrClN2O/c1-8-10(15)5-3-7-12(8)18-14(19)9-4-2-6-11(17)13(9)16/h2-7H,17H2,1H3,(H,18,19). The topological polar surface area (TPSA) is 55.1 Å². The van der Waals surface area contributed by atoms with Crippen molar-refractivity contribution < 1.29 is 4.79 Å². The summed E-state index contributed by atoms with van der Waals surface area (Å²) in [7, 11) is 0. The Labute approximate surface area is 124 Å². The van der Waals surface area contributed by atoms with Gasteiger partial charge in [0.05, 0.1) is 16.3 Å². The van der Waals surface area contributed by atoms with Crippen LogP contribution in [0.2, 0.25) is 5.02 Å². The first kappa shape index (κ1) is 13.9. The van der Waals surface area contributed by atoms with Crippen molar-refractivity contribution in [1.29, 1.82) is 0 Å². The van der Waals surface area contributed by atoms with Crippen molar-refractivity contribution in [1.82, 2.24) is 0 Å². The highest BCUT2D eigenvalue weighted by Gasteiger charge is 2.13. The van der Waals surface area contributed by atoms with Crippen molar-refractivity contribution in [3.8, 4) is 0 Å². The molecule has 0 aliphatic carbocycles. The van der Waals surface area contributed by atoms with E-state index >= 15 is 0 Å². The van der Waals surface area contributed by atoms with Gasteiger partial charge >= 0.3 is 0 Å². The van der Waals surface area contributed by atoms with Crippen molar-refractivity contribution in [2.45, 2.75) is 6.92 Å². The van der Waals surface area contributed by atoms with Crippen LogP contribution in [0.4, 0.5) is 11.4 Å². The van der Waals surface area contributed by atoms with Crippen LogP contribution in [0.5, 0.6) is 0 Å². The number of benzene rings is 2. The summed E-state index contributed by atoms with van der Waals surface area (Å²) in [6.07, 6.45) is 0. The smallest absolute Gasteiger partial charge is 0.257 e. The first-order valence-electron chi connectivity index (χ1n) is 5.61. The lowest BCUT2D eigenvalue weighted by molar-refractivity contribution is 0.102. The van der Waals surface area contributed by atoms with Crippen molar-refractivity contribution in [3.63, 3.8) is 0 Å². The number of rotatable bonds is 2. The third-order valence-corrected chi connectivity index (χ3v) is 4.07. The Balaban J connectivity index is 2.31. The van der Waals surface area contributed by atoms with Gasteiger partial charge in [-0.25, -0.2) is 0 Å². The van der Waals surface area contributed by atoms with Gasteiger partial charge in [0.25, 0.3) is 5.91 Å². The monoisotopic (exact) mass is 338 g/mol. The number of carbonyl (C=O) groups is 1. The number of nitrogen functional groups attached to an aromatic ring is 1. The summed E-state index contributed by atoms with van der Waals surface area (Å²) < 4.78 is 0.934. The molecule has 2 rings (SSSR count). The van der Waals surface area contributed by atoms with Crippen molar-refractivity contribution in [2.24, 2.45) is 0 Å². The molecule has 19 heavy (non-hydrogen) atoms. The molecular weight excluding hydrogens is 328 g/mol. The average Bonchev–Trinajstić information content (AvgIpc) is 2.38. The van der Waals surface area contributed by atoms with E-state index in [0.29, 0.717) is 11.3 Å². The van der Waals surface area contributed by atoms with E-state index in [2.05, 4.69) is 21.2 Å². The lowest BCUT2D eigenvalue weighted by Gasteiger charge is -2.11. The van der Waals surface area contributed by atoms with E-state index in [1.165, 1.54) is 0 Å². The number of amides is 1. The Bertz CT molecular complexity index is 643. The largest absolute Gasteiger partial charge is 0.398 e. The highest BCUT2D eigenvalue weighted by Crippen LogP contribution is 2.26. The lowest BCUT2D eigenvalue weighted by atomic mass is 10.1. The molecule has 5 heteroatoms. The Hall–Kier alpha value is -1.52. The van der Waals surface area contributed by atoms with Crippen LogP contribution in [0.25, 0.3) is 0 Å². The molecule has 0 aromatic heterocycles. The van der Waals surface area contributed by atoms with E-state index in [0.717, 1.165) is 15.7 Å². The fourth-order valence-corrected chi connectivity index (χ4v) is 2.24. The summed E-state index contributed by atoms with van der Waals surface area (Å²) in [4.78, 5) is 12.2. The van der Waals surface area contributed by atoms with Crippen molar-refractivity contribution in [2.75, 3.05) is 11.1 Å². The summed E-state index contributed by atoms with van der Waals surface area (Å²) >= 11 is 9.45. The quantitative estimate of drug-likeness (QED) is 0.804. The SMILES string of the molecule is Cc1c(Br)cccc1NC(=O)c1cccc(N)c1Cl. The van der Waals surface area contributed by atoms with Crippen LogP contribution in [0.1, 0.15) is 15.9 Å². The maximum atomic E-state index is 12.2. The van der Waals surface area contributed by atoms with Gasteiger partial charge in [0.2, 0.25) is 0 Å². The number of nitrogens with two attached hydrogens (primary N) is 1. The minimum Gasteiger partial charge on any atom is -0.398 e. The van der Waals surface area contributed by atoms with Gasteiger partial charge in [-0.05, 0) is 36.8 Å². The van der Waals surface area contributed by atoms with Crippen LogP contribution in [0.15, 0.2) is 40.9 Å². The molecule has 0 unspecified atom stereocenters. The number of hydrogen-bond acceptors (Lipinski definition) is 2. The molecule has 1 amide bonds. The predicted molar refractivity (Wildman–Crippen MR) is 82.7 cm³/mol. The molecule has 98 valence electrons. The molecule has 0 aliphatic heterocycles. The molecular formula is C14H12BrClN2O. The molecule has 0 bridgehead atoms. The third-order valence-electron chi connectivity index (χ3n) is 2.79. The summed E-state index contributed by atoms with van der Waals surface area (Å²) in [5.41, 5.74) is 8.13. The zero-order chi connectivity index (χ0) is 14.0. The van der Waals surface area contributed by atoms with E-state index in [9.17, 15) is 4.79 Å². The summed E-state index contributed by atoms with van der Waals surface area (Å²) in [6.45, 7) is 1.92. The fraction of sp³-hybridized carbons (Fsp3) is 0.0714. The van der Waals surface area contributed by atoms with Crippen LogP contribution in [-0.4, -0.2) is 5.91 Å². The van der Waals surface area contributed by atoms with Crippen molar-refractivity contribution >= 4 is 44.8 Å². The summed E-state index contributed by atoms with van der Waals surface area (Å²) in [6, 6.07) is 10.6. The molecule has 0 aliphatic rings. The average molecular weight is 340 g/mol. The van der Waals surface area contributed by atoms with E-state index in [4.69, 9.17) is 17.3 Å². The van der Waals surface area contributed by atoms with E-state index in [1.807, 2.05) is 25.1 Å². The van der Waals surface area contributed by atoms with Crippen LogP contribution >= 0.6 is 27.5 Å². The van der Waals surface area contributed by atoms with Crippen LogP contribution in [-0.2, 0) is 0 Å². The zero-order valence-electron chi connectivity index (χ0n) is 10.2. The molecule has 3 N–H and O–H groups in total. The van der Waals surface area contributed by atoms with Gasteiger partial charge < -0.3 is 11.1 Å². The number of halogens is 2. The van der Waals surface area contributed by atoms with Crippen LogP contribution < -0.4 is 11.1 Å². The van der Waals surface area contributed by atoms with E-state index in [1.54, 1.807) is 18.2 Å². The van der Waals surface area contributed by atoms with Crippen LogP contribution in [0, 0.1) is 6.92 Å². The van der Waals surface area contributed by atoms with Crippen molar-refractivity contribution in [3.05, 3.63) is 57.0 Å². The summed E-state index contributed by atoms with van der Waals surface area (Å²) in [5, 5.41) is 3.10. The number of hydrogen-bond donors (Lipinski definition) is 2. The molecule has 0 radical (unpaired) electrons. The first-order chi connectivity index (χ1) is 9.00. The molecule has 0 heterocycles. The summed E-state index contributed by atoms with van der Waals surface area (Å²) in [5.74, 6) is -0.279. The van der Waals surface area contributed by atoms with Gasteiger partial charge in [0, 0.05) is 10.2 Å². The second-order valence-electron chi connectivity index (χ2n) is 4.08. The second kappa shape index (κ2) is 5.63. The Morgan fingerprint density at radius 3 is 2.68 bits per heavy atom. The molecule has 2 aromatic rings. The third kappa shape index (κ3) is 2.91. The van der Waals surface area contributed by atoms with Crippen LogP contribution in [0.3, 0.4) is 0 Å². The molecule has 0 spiro atoms. The van der Waals surface area contributed by atoms with Gasteiger partial charge in [-0.15, -0.1) is 0 Å². The number of carbonyl (C=O) groups excluding carboxylic acids is 1. The maximum absolute atomic E-state index is 12.2. The Morgan fingerprint density at radius 1 is 1.26 bits per heavy atom. The first-order valence-corrected chi connectivity index (χ1v) is 6.78. The maximum Gasteiger partial charge on any atom is 0.257 e. The minimum absolute atomic E-state index is 0.271. The molecule has 3 nitrogen and oxygen atoms in total. The molecule has 0 saturated carbocycles. The minimum atomic E-state index is -0.279. The second-order valence-corrected chi connectivity index (χ2v) is 5.31. The normalized spacial score (nSPS) is 10.3. The molecule has 0 fully saturated rings. The highest BCUT2D eigenvalue weighted by molar-refractivity contribution is 9.10. The molecule has 0 saturated heterocycles. The van der Waals surface area contributed by atoms with E-state index < -0.39 is 0 Å². The fourth-order valence-electron chi connectivity index (χ4n) is 1.66. The highest BCUT2D eigenvalue weighted by atomic mass is 79.9. The number of anilines is 2. The lowest BCUT2D eigenvalue weighted by Crippen LogP contribution is -2.14. The van der Waals surface area contributed by atoms with E-state index in [-0.39, 0.29) is 10.9 Å². The Kier molecular flexibility index (Phi) is 4.12. The van der Waals surface area contributed by atoms with Gasteiger partial charge in [-0.2, -0.15) is 0 Å². The molecule has 2 aromatic carbocycles. The zero-order valence-corrected chi connectivity index (χ0v) is 12.5. The predicted octanol–water partition coefficient (Wildman–Crippen LogP) is 4.25. The van der Waals surface area contributed by atoms with Gasteiger partial charge in [0.15, 0.2) is 0 Å². The van der Waals surface area contributed by atoms with Gasteiger partial charge in [-0.1, -0.05) is 39.7 Å².